The Morgan fingerprint density at radius 1 is 1.24 bits per heavy atom. The van der Waals surface area contributed by atoms with E-state index in [0.29, 0.717) is 18.4 Å². The number of pyridine rings is 1. The van der Waals surface area contributed by atoms with Gasteiger partial charge in [0.15, 0.2) is 6.73 Å². The zero-order chi connectivity index (χ0) is 20.8. The van der Waals surface area contributed by atoms with Gasteiger partial charge in [0.05, 0.1) is 17.0 Å². The third kappa shape index (κ3) is 3.21. The summed E-state index contributed by atoms with van der Waals surface area (Å²) in [6.45, 7) is 1.86. The third-order valence-corrected chi connectivity index (χ3v) is 7.76. The molecule has 29 heavy (non-hydrogen) atoms. The van der Waals surface area contributed by atoms with Gasteiger partial charge in [-0.1, -0.05) is 6.07 Å². The molecule has 10 heteroatoms. The van der Waals surface area contributed by atoms with E-state index in [-0.39, 0.29) is 29.7 Å². The molecule has 1 aliphatic carbocycles. The molecule has 0 bridgehead atoms. The predicted octanol–water partition coefficient (Wildman–Crippen LogP) is 1.39. The minimum Gasteiger partial charge on any atom is -0.435 e. The lowest BCUT2D eigenvalue weighted by Crippen LogP contribution is -2.44. The van der Waals surface area contributed by atoms with Crippen LogP contribution < -0.4 is 11.3 Å². The third-order valence-electron chi connectivity index (χ3n) is 5.72. The molecule has 2 N–H and O–H groups in total. The van der Waals surface area contributed by atoms with Gasteiger partial charge in [-0.3, -0.25) is 9.36 Å². The number of carbonyl (C=O) groups excluding carboxylic acids is 1. The first-order valence-electron chi connectivity index (χ1n) is 9.51. The molecule has 2 aromatic rings. The summed E-state index contributed by atoms with van der Waals surface area (Å²) in [7, 11) is -3.81. The van der Waals surface area contributed by atoms with Crippen molar-refractivity contribution in [2.45, 2.75) is 49.4 Å². The van der Waals surface area contributed by atoms with E-state index in [1.807, 2.05) is 0 Å². The quantitative estimate of drug-likeness (QED) is 0.724. The molecule has 4 rings (SSSR count). The van der Waals surface area contributed by atoms with Crippen LogP contribution in [0.15, 0.2) is 40.2 Å². The molecule has 1 aliphatic heterocycles. The van der Waals surface area contributed by atoms with Crippen LogP contribution in [0.2, 0.25) is 0 Å². The van der Waals surface area contributed by atoms with Gasteiger partial charge in [-0.15, -0.1) is 0 Å². The van der Waals surface area contributed by atoms with Crippen LogP contribution in [0.1, 0.15) is 26.2 Å². The van der Waals surface area contributed by atoms with E-state index in [9.17, 15) is 18.0 Å². The van der Waals surface area contributed by atoms with E-state index in [0.717, 1.165) is 12.8 Å². The van der Waals surface area contributed by atoms with E-state index < -0.39 is 27.3 Å². The molecule has 1 saturated carbocycles. The molecule has 1 aromatic heterocycles. The molecule has 1 spiro atoms. The van der Waals surface area contributed by atoms with Crippen LogP contribution in [0, 0.1) is 0 Å². The van der Waals surface area contributed by atoms with Crippen LogP contribution in [0.3, 0.4) is 0 Å². The Balaban J connectivity index is 1.71. The smallest absolute Gasteiger partial charge is 0.435 e. The average Bonchev–Trinajstić information content (AvgIpc) is 3.41. The van der Waals surface area contributed by atoms with E-state index in [4.69, 9.17) is 10.5 Å². The molecule has 0 unspecified atom stereocenters. The predicted molar refractivity (Wildman–Crippen MR) is 105 cm³/mol. The molecule has 156 valence electrons. The number of nitrogens with two attached hydrogens (primary N) is 1. The monoisotopic (exact) mass is 421 g/mol. The highest BCUT2D eigenvalue weighted by molar-refractivity contribution is 7.89. The highest BCUT2D eigenvalue weighted by Crippen LogP contribution is 2.51. The van der Waals surface area contributed by atoms with Gasteiger partial charge in [0.1, 0.15) is 0 Å². The fourth-order valence-electron chi connectivity index (χ4n) is 4.06. The van der Waals surface area contributed by atoms with Gasteiger partial charge in [-0.05, 0) is 44.4 Å². The van der Waals surface area contributed by atoms with Gasteiger partial charge in [0, 0.05) is 29.6 Å². The molecule has 1 aromatic carbocycles. The van der Waals surface area contributed by atoms with Gasteiger partial charge >= 0.3 is 6.16 Å². The van der Waals surface area contributed by atoms with E-state index in [2.05, 4.69) is 4.74 Å². The fraction of sp³-hybridized carbons (Fsp3) is 0.474. The van der Waals surface area contributed by atoms with Crippen molar-refractivity contribution in [3.8, 4) is 0 Å². The van der Waals surface area contributed by atoms with Crippen LogP contribution in [0.4, 0.5) is 4.79 Å². The summed E-state index contributed by atoms with van der Waals surface area (Å²) in [5, 5.41) is 0.565. The lowest BCUT2D eigenvalue weighted by atomic mass is 10.1. The van der Waals surface area contributed by atoms with Crippen molar-refractivity contribution in [3.63, 3.8) is 0 Å². The molecular weight excluding hydrogens is 398 g/mol. The number of nitrogens with zero attached hydrogens (tertiary/aromatic N) is 2. The SMILES string of the molecule is CCOC(=O)OCn1ccc2c(S(=O)(=O)N3CC[C@H](N)C34CC4)cccc2c1=O. The second-order valence-electron chi connectivity index (χ2n) is 7.34. The first-order chi connectivity index (χ1) is 13.8. The Labute approximate surface area is 168 Å². The van der Waals surface area contributed by atoms with Gasteiger partial charge < -0.3 is 15.2 Å². The number of fused-ring (bicyclic) bond motifs is 1. The number of sulfonamides is 1. The van der Waals surface area contributed by atoms with Gasteiger partial charge in [-0.2, -0.15) is 4.31 Å². The van der Waals surface area contributed by atoms with Crippen molar-refractivity contribution in [1.82, 2.24) is 8.87 Å². The Kier molecular flexibility index (Phi) is 4.88. The summed E-state index contributed by atoms with van der Waals surface area (Å²) in [5.41, 5.74) is 5.23. The summed E-state index contributed by atoms with van der Waals surface area (Å²) in [6, 6.07) is 6.00. The number of hydrogen-bond acceptors (Lipinski definition) is 7. The van der Waals surface area contributed by atoms with E-state index in [1.165, 1.54) is 21.1 Å². The molecule has 2 fully saturated rings. The van der Waals surface area contributed by atoms with E-state index in [1.54, 1.807) is 25.1 Å². The Bertz CT molecular complexity index is 1120. The van der Waals surface area contributed by atoms with Crippen molar-refractivity contribution in [2.75, 3.05) is 13.2 Å². The fourth-order valence-corrected chi connectivity index (χ4v) is 6.14. The first kappa shape index (κ1) is 19.9. The molecule has 2 aliphatic rings. The Hall–Kier alpha value is -2.43. The highest BCUT2D eigenvalue weighted by atomic mass is 32.2. The summed E-state index contributed by atoms with van der Waals surface area (Å²) in [4.78, 5) is 24.2. The zero-order valence-electron chi connectivity index (χ0n) is 16.0. The summed E-state index contributed by atoms with van der Waals surface area (Å²) < 4.78 is 39.1. The van der Waals surface area contributed by atoms with Crippen molar-refractivity contribution < 1.29 is 22.7 Å². The molecule has 2 heterocycles. The van der Waals surface area contributed by atoms with Gasteiger partial charge in [0.25, 0.3) is 5.56 Å². The number of hydrogen-bond donors (Lipinski definition) is 1. The van der Waals surface area contributed by atoms with Crippen LogP contribution in [-0.4, -0.2) is 48.2 Å². The summed E-state index contributed by atoms with van der Waals surface area (Å²) >= 11 is 0. The topological polar surface area (TPSA) is 121 Å². The average molecular weight is 421 g/mol. The number of ether oxygens (including phenoxy) is 2. The molecule has 1 atom stereocenters. The van der Waals surface area contributed by atoms with Crippen molar-refractivity contribution >= 4 is 27.0 Å². The van der Waals surface area contributed by atoms with Crippen LogP contribution in [0.25, 0.3) is 10.8 Å². The standard InChI is InChI=1S/C19H23N3O6S/c1-2-27-18(24)28-12-21-10-6-13-14(17(21)23)4-3-5-15(13)29(25,26)22-11-7-16(20)19(22)8-9-19/h3-6,10,16H,2,7-9,11-12,20H2,1H3/t16-/m0/s1. The number of carbonyl (C=O) groups is 1. The minimum atomic E-state index is -3.81. The largest absolute Gasteiger partial charge is 0.510 e. The maximum absolute atomic E-state index is 13.4. The normalized spacial score (nSPS) is 20.8. The number of benzene rings is 1. The van der Waals surface area contributed by atoms with Crippen molar-refractivity contribution in [1.29, 1.82) is 0 Å². The van der Waals surface area contributed by atoms with Gasteiger partial charge in [0.2, 0.25) is 10.0 Å². The molecule has 9 nitrogen and oxygen atoms in total. The molecule has 0 radical (unpaired) electrons. The van der Waals surface area contributed by atoms with Gasteiger partial charge in [-0.25, -0.2) is 13.2 Å². The Morgan fingerprint density at radius 2 is 2.00 bits per heavy atom. The molecule has 0 amide bonds. The van der Waals surface area contributed by atoms with Crippen LogP contribution in [-0.2, 0) is 26.2 Å². The minimum absolute atomic E-state index is 0.0888. The number of aromatic nitrogens is 1. The lowest BCUT2D eigenvalue weighted by molar-refractivity contribution is 0.0362. The van der Waals surface area contributed by atoms with Crippen molar-refractivity contribution in [2.24, 2.45) is 5.73 Å². The lowest BCUT2D eigenvalue weighted by Gasteiger charge is -2.26. The second kappa shape index (κ2) is 7.12. The maximum atomic E-state index is 13.4. The first-order valence-corrected chi connectivity index (χ1v) is 11.0. The van der Waals surface area contributed by atoms with E-state index >= 15 is 0 Å². The summed E-state index contributed by atoms with van der Waals surface area (Å²) in [5.74, 6) is 0. The summed E-state index contributed by atoms with van der Waals surface area (Å²) in [6.07, 6.45) is 2.68. The Morgan fingerprint density at radius 3 is 2.69 bits per heavy atom. The second-order valence-corrected chi connectivity index (χ2v) is 9.17. The molecular formula is C19H23N3O6S. The van der Waals surface area contributed by atoms with Crippen molar-refractivity contribution in [3.05, 3.63) is 40.8 Å². The number of rotatable bonds is 5. The maximum Gasteiger partial charge on any atom is 0.510 e. The highest BCUT2D eigenvalue weighted by Gasteiger charge is 2.60. The zero-order valence-corrected chi connectivity index (χ0v) is 16.9. The molecule has 1 saturated heterocycles. The van der Waals surface area contributed by atoms with Crippen LogP contribution in [0.5, 0.6) is 0 Å². The van der Waals surface area contributed by atoms with Crippen LogP contribution >= 0.6 is 0 Å².